The smallest absolute Gasteiger partial charge is 0.165 e. The van der Waals surface area contributed by atoms with E-state index in [1.807, 2.05) is 12.2 Å². The van der Waals surface area contributed by atoms with E-state index in [0.29, 0.717) is 5.56 Å². The van der Waals surface area contributed by atoms with Crippen LogP contribution in [0.3, 0.4) is 0 Å². The van der Waals surface area contributed by atoms with Crippen LogP contribution in [0.15, 0.2) is 49.1 Å². The molecule has 0 bridgehead atoms. The molecule has 0 radical (unpaired) electrons. The number of phenolic OH excluding ortho intramolecular Hbond substituents is 2. The summed E-state index contributed by atoms with van der Waals surface area (Å²) in [6.07, 6.45) is 18.0. The molecule has 1 aromatic rings. The molecule has 1 aromatic carbocycles. The Kier molecular flexibility index (Phi) is 9.62. The molecule has 0 saturated carbocycles. The average molecular weight is 314 g/mol. The van der Waals surface area contributed by atoms with Crippen molar-refractivity contribution in [3.63, 3.8) is 0 Å². The predicted molar refractivity (Wildman–Crippen MR) is 99.7 cm³/mol. The molecule has 0 spiro atoms. The Labute approximate surface area is 140 Å². The minimum absolute atomic E-state index is 0.0980. The van der Waals surface area contributed by atoms with Crippen molar-refractivity contribution in [3.05, 3.63) is 54.6 Å². The third-order valence-electron chi connectivity index (χ3n) is 3.93. The van der Waals surface area contributed by atoms with Crippen LogP contribution in [-0.4, -0.2) is 10.2 Å². The van der Waals surface area contributed by atoms with E-state index in [2.05, 4.69) is 19.6 Å². The topological polar surface area (TPSA) is 40.5 Å². The quantitative estimate of drug-likeness (QED) is 0.283. The van der Waals surface area contributed by atoms with Gasteiger partial charge in [-0.25, -0.2) is 0 Å². The van der Waals surface area contributed by atoms with Crippen molar-refractivity contribution in [2.75, 3.05) is 0 Å². The number of hydrogen-bond donors (Lipinski definition) is 2. The van der Waals surface area contributed by atoms with E-state index in [1.165, 1.54) is 51.0 Å². The number of hydrogen-bond acceptors (Lipinski definition) is 2. The second-order valence-corrected chi connectivity index (χ2v) is 5.84. The van der Waals surface area contributed by atoms with Gasteiger partial charge in [-0.05, 0) is 24.5 Å². The summed E-state index contributed by atoms with van der Waals surface area (Å²) in [7, 11) is 0. The van der Waals surface area contributed by atoms with Gasteiger partial charge in [0.15, 0.2) is 11.5 Å². The highest BCUT2D eigenvalue weighted by atomic mass is 16.3. The SMILES string of the molecule is C=CC(=CC=CCCCCCCCCC)c1cccc(O)c1O. The van der Waals surface area contributed by atoms with Crippen molar-refractivity contribution in [2.45, 2.75) is 58.3 Å². The molecule has 0 fully saturated rings. The fraction of sp³-hybridized carbons (Fsp3) is 0.429. The lowest BCUT2D eigenvalue weighted by Crippen LogP contribution is -1.82. The highest BCUT2D eigenvalue weighted by Crippen LogP contribution is 2.33. The lowest BCUT2D eigenvalue weighted by molar-refractivity contribution is 0.403. The predicted octanol–water partition coefficient (Wildman–Crippen LogP) is 6.36. The highest BCUT2D eigenvalue weighted by Gasteiger charge is 2.07. The van der Waals surface area contributed by atoms with Gasteiger partial charge in [0.2, 0.25) is 0 Å². The van der Waals surface area contributed by atoms with E-state index in [-0.39, 0.29) is 11.5 Å². The molecule has 0 aromatic heterocycles. The minimum atomic E-state index is -0.109. The second kappa shape index (κ2) is 11.6. The van der Waals surface area contributed by atoms with Crippen LogP contribution in [0, 0.1) is 0 Å². The maximum Gasteiger partial charge on any atom is 0.165 e. The molecule has 0 saturated heterocycles. The lowest BCUT2D eigenvalue weighted by atomic mass is 10.0. The van der Waals surface area contributed by atoms with Crippen LogP contribution in [0.25, 0.3) is 5.57 Å². The maximum absolute atomic E-state index is 9.90. The summed E-state index contributed by atoms with van der Waals surface area (Å²) in [6.45, 7) is 6.02. The van der Waals surface area contributed by atoms with Crippen molar-refractivity contribution in [3.8, 4) is 11.5 Å². The van der Waals surface area contributed by atoms with Crippen molar-refractivity contribution < 1.29 is 10.2 Å². The molecule has 0 aliphatic carbocycles. The number of para-hydroxylation sites is 1. The molecule has 2 heteroatoms. The van der Waals surface area contributed by atoms with Gasteiger partial charge in [0.05, 0.1) is 0 Å². The fourth-order valence-corrected chi connectivity index (χ4v) is 2.52. The number of phenols is 2. The third kappa shape index (κ3) is 7.23. The van der Waals surface area contributed by atoms with Gasteiger partial charge < -0.3 is 10.2 Å². The highest BCUT2D eigenvalue weighted by molar-refractivity contribution is 5.79. The van der Waals surface area contributed by atoms with Crippen molar-refractivity contribution in [2.24, 2.45) is 0 Å². The van der Waals surface area contributed by atoms with Gasteiger partial charge in [-0.2, -0.15) is 0 Å². The Morgan fingerprint density at radius 1 is 1.04 bits per heavy atom. The van der Waals surface area contributed by atoms with Gasteiger partial charge in [-0.15, -0.1) is 0 Å². The summed E-state index contributed by atoms with van der Waals surface area (Å²) >= 11 is 0. The van der Waals surface area contributed by atoms with Gasteiger partial charge in [0.25, 0.3) is 0 Å². The first-order valence-electron chi connectivity index (χ1n) is 8.71. The van der Waals surface area contributed by atoms with Gasteiger partial charge in [0.1, 0.15) is 0 Å². The Bertz CT molecular complexity index is 527. The lowest BCUT2D eigenvalue weighted by Gasteiger charge is -2.06. The molecule has 126 valence electrons. The molecule has 23 heavy (non-hydrogen) atoms. The van der Waals surface area contributed by atoms with Crippen LogP contribution in [0.2, 0.25) is 0 Å². The molecule has 0 unspecified atom stereocenters. The van der Waals surface area contributed by atoms with Crippen LogP contribution in [0.1, 0.15) is 63.9 Å². The van der Waals surface area contributed by atoms with E-state index in [0.717, 1.165) is 12.0 Å². The van der Waals surface area contributed by atoms with E-state index in [9.17, 15) is 10.2 Å². The third-order valence-corrected chi connectivity index (χ3v) is 3.93. The number of benzene rings is 1. The van der Waals surface area contributed by atoms with Crippen LogP contribution < -0.4 is 0 Å². The van der Waals surface area contributed by atoms with E-state index in [4.69, 9.17) is 0 Å². The maximum atomic E-state index is 9.90. The zero-order valence-electron chi connectivity index (χ0n) is 14.3. The number of rotatable bonds is 11. The molecular weight excluding hydrogens is 284 g/mol. The molecule has 2 N–H and O–H groups in total. The van der Waals surface area contributed by atoms with Crippen molar-refractivity contribution >= 4 is 5.57 Å². The van der Waals surface area contributed by atoms with Crippen LogP contribution in [0.4, 0.5) is 0 Å². The summed E-state index contributed by atoms with van der Waals surface area (Å²) in [5.74, 6) is -0.207. The van der Waals surface area contributed by atoms with Crippen molar-refractivity contribution in [1.29, 1.82) is 0 Å². The number of aromatic hydroxyl groups is 2. The molecule has 0 amide bonds. The van der Waals surface area contributed by atoms with E-state index in [1.54, 1.807) is 18.2 Å². The zero-order valence-corrected chi connectivity index (χ0v) is 14.3. The summed E-state index contributed by atoms with van der Waals surface area (Å²) in [5.41, 5.74) is 1.40. The van der Waals surface area contributed by atoms with Crippen LogP contribution in [0.5, 0.6) is 11.5 Å². The van der Waals surface area contributed by atoms with Crippen LogP contribution >= 0.6 is 0 Å². The van der Waals surface area contributed by atoms with Gasteiger partial charge >= 0.3 is 0 Å². The molecule has 2 nitrogen and oxygen atoms in total. The largest absolute Gasteiger partial charge is 0.504 e. The Balaban J connectivity index is 2.39. The molecule has 0 aliphatic heterocycles. The zero-order chi connectivity index (χ0) is 16.9. The molecular formula is C21H30O2. The fourth-order valence-electron chi connectivity index (χ4n) is 2.52. The monoisotopic (exact) mass is 314 g/mol. The molecule has 1 rings (SSSR count). The number of unbranched alkanes of at least 4 members (excludes halogenated alkanes) is 7. The van der Waals surface area contributed by atoms with E-state index < -0.39 is 0 Å². The first-order chi connectivity index (χ1) is 11.2. The average Bonchev–Trinajstić information content (AvgIpc) is 2.56. The Hall–Kier alpha value is -1.96. The summed E-state index contributed by atoms with van der Waals surface area (Å²) < 4.78 is 0. The first kappa shape index (κ1) is 19.1. The molecule has 0 atom stereocenters. The molecule has 0 aliphatic rings. The van der Waals surface area contributed by atoms with Gasteiger partial charge in [0, 0.05) is 5.56 Å². The van der Waals surface area contributed by atoms with Gasteiger partial charge in [-0.3, -0.25) is 0 Å². The summed E-state index contributed by atoms with van der Waals surface area (Å²) in [4.78, 5) is 0. The van der Waals surface area contributed by atoms with Crippen LogP contribution in [-0.2, 0) is 0 Å². The second-order valence-electron chi connectivity index (χ2n) is 5.84. The Morgan fingerprint density at radius 3 is 2.43 bits per heavy atom. The summed E-state index contributed by atoms with van der Waals surface area (Å²) in [5, 5.41) is 19.5. The first-order valence-corrected chi connectivity index (χ1v) is 8.71. The normalized spacial score (nSPS) is 12.0. The minimum Gasteiger partial charge on any atom is -0.504 e. The standard InChI is InChI=1S/C21H30O2/c1-3-5-6-7-8-9-10-11-12-13-15-18(4-2)19-16-14-17-20(22)21(19)23/h4,12-17,22-23H,2-3,5-11H2,1H3. The number of allylic oxidation sites excluding steroid dienone is 5. The van der Waals surface area contributed by atoms with E-state index >= 15 is 0 Å². The molecule has 0 heterocycles. The van der Waals surface area contributed by atoms with Crippen molar-refractivity contribution in [1.82, 2.24) is 0 Å². The summed E-state index contributed by atoms with van der Waals surface area (Å²) in [6, 6.07) is 4.95. The van der Waals surface area contributed by atoms with Gasteiger partial charge in [-0.1, -0.05) is 88.5 Å². The Morgan fingerprint density at radius 2 is 1.74 bits per heavy atom.